The van der Waals surface area contributed by atoms with Gasteiger partial charge in [-0.1, -0.05) is 53.0 Å². The van der Waals surface area contributed by atoms with Gasteiger partial charge in [0, 0.05) is 69.2 Å². The van der Waals surface area contributed by atoms with E-state index in [1.54, 1.807) is 4.90 Å². The Kier molecular flexibility index (Phi) is 12.0. The largest absolute Gasteiger partial charge is 0.485 e. The van der Waals surface area contributed by atoms with Crippen LogP contribution in [0.2, 0.25) is 15.1 Å². The predicted molar refractivity (Wildman–Crippen MR) is 208 cm³/mol. The van der Waals surface area contributed by atoms with Crippen molar-refractivity contribution in [2.45, 2.75) is 97.1 Å². The molecule has 3 amide bonds. The molecule has 0 bridgehead atoms. The van der Waals surface area contributed by atoms with Crippen molar-refractivity contribution in [1.82, 2.24) is 20.1 Å². The van der Waals surface area contributed by atoms with Crippen LogP contribution in [0.25, 0.3) is 0 Å². The highest BCUT2D eigenvalue weighted by molar-refractivity contribution is 6.37. The van der Waals surface area contributed by atoms with Crippen molar-refractivity contribution in [1.29, 1.82) is 0 Å². The van der Waals surface area contributed by atoms with E-state index in [1.807, 2.05) is 75.2 Å². The Hall–Kier alpha value is -3.73. The third kappa shape index (κ3) is 9.88. The third-order valence-electron chi connectivity index (χ3n) is 9.94. The lowest BCUT2D eigenvalue weighted by molar-refractivity contribution is -0.139. The Morgan fingerprint density at radius 2 is 1.68 bits per heavy atom. The molecule has 3 aromatic rings. The second kappa shape index (κ2) is 16.3. The molecule has 2 saturated heterocycles. The maximum Gasteiger partial charge on any atom is 0.410 e. The molecule has 6 rings (SSSR count). The number of amides is 3. The molecule has 13 heteroatoms. The SMILES string of the molecule is CC(=O)NCc1ccc(Cl)c(CN(C(=O)[C@H]2CN(C(=O)OC(C)(C)C)CC[C@@H]2c2ccc(N3CC[C@@H](Oc4c(Cl)cc(C)cc4Cl)C3)nc2)C2CC2)c1. The number of ether oxygens (including phenoxy) is 2. The van der Waals surface area contributed by atoms with Crippen LogP contribution in [0.1, 0.15) is 81.5 Å². The van der Waals surface area contributed by atoms with E-state index in [1.165, 1.54) is 6.92 Å². The van der Waals surface area contributed by atoms with Gasteiger partial charge in [0.15, 0.2) is 5.75 Å². The summed E-state index contributed by atoms with van der Waals surface area (Å²) in [5, 5.41) is 4.38. The van der Waals surface area contributed by atoms with Gasteiger partial charge in [-0.2, -0.15) is 0 Å². The molecule has 1 aliphatic carbocycles. The van der Waals surface area contributed by atoms with Gasteiger partial charge in [-0.3, -0.25) is 9.59 Å². The van der Waals surface area contributed by atoms with Crippen molar-refractivity contribution in [2.75, 3.05) is 31.1 Å². The van der Waals surface area contributed by atoms with E-state index in [9.17, 15) is 14.4 Å². The van der Waals surface area contributed by atoms with E-state index >= 15 is 0 Å². The van der Waals surface area contributed by atoms with Crippen molar-refractivity contribution < 1.29 is 23.9 Å². The van der Waals surface area contributed by atoms with Crippen LogP contribution in [0.5, 0.6) is 5.75 Å². The Bertz CT molecular complexity index is 1810. The number of hydrogen-bond donors (Lipinski definition) is 1. The molecule has 3 fully saturated rings. The maximum absolute atomic E-state index is 14.7. The van der Waals surface area contributed by atoms with Gasteiger partial charge in [0.25, 0.3) is 0 Å². The van der Waals surface area contributed by atoms with Crippen LogP contribution in [-0.4, -0.2) is 76.6 Å². The first-order chi connectivity index (χ1) is 25.1. The first-order valence-corrected chi connectivity index (χ1v) is 19.4. The summed E-state index contributed by atoms with van der Waals surface area (Å²) < 4.78 is 12.0. The lowest BCUT2D eigenvalue weighted by Gasteiger charge is -2.40. The standard InChI is InChI=1S/C40H48Cl3N5O5/c1-24-16-34(42)37(35(43)17-24)52-30-12-14-46(22-30)36-11-7-27(20-45-36)31-13-15-47(39(51)53-40(3,4)5)23-32(31)38(50)48(29-8-9-29)21-28-18-26(6-10-33(28)41)19-44-25(2)49/h6-7,10-11,16-18,20,29-32H,8-9,12-15,19,21-23H2,1-5H3,(H,44,49)/t30-,31-,32+/m1/s1. The molecule has 284 valence electrons. The highest BCUT2D eigenvalue weighted by atomic mass is 35.5. The summed E-state index contributed by atoms with van der Waals surface area (Å²) in [4.78, 5) is 50.2. The monoisotopic (exact) mass is 783 g/mol. The minimum absolute atomic E-state index is 0.0221. The second-order valence-corrected chi connectivity index (χ2v) is 16.7. The summed E-state index contributed by atoms with van der Waals surface area (Å²) in [6.07, 6.45) is 4.53. The van der Waals surface area contributed by atoms with Crippen LogP contribution in [0, 0.1) is 12.8 Å². The molecule has 10 nitrogen and oxygen atoms in total. The molecule has 3 heterocycles. The fourth-order valence-electron chi connectivity index (χ4n) is 7.15. The van der Waals surface area contributed by atoms with E-state index in [-0.39, 0.29) is 36.4 Å². The minimum Gasteiger partial charge on any atom is -0.485 e. The molecule has 3 atom stereocenters. The number of anilines is 1. The Labute approximate surface area is 327 Å². The van der Waals surface area contributed by atoms with Crippen LogP contribution in [-0.2, 0) is 27.4 Å². The minimum atomic E-state index is -0.662. The molecule has 0 spiro atoms. The maximum atomic E-state index is 14.7. The summed E-state index contributed by atoms with van der Waals surface area (Å²) in [6, 6.07) is 13.5. The van der Waals surface area contributed by atoms with Crippen LogP contribution in [0.15, 0.2) is 48.7 Å². The number of halogens is 3. The lowest BCUT2D eigenvalue weighted by Crippen LogP contribution is -2.51. The number of likely N-dealkylation sites (tertiary alicyclic amines) is 1. The lowest BCUT2D eigenvalue weighted by atomic mass is 9.80. The van der Waals surface area contributed by atoms with Gasteiger partial charge in [0.1, 0.15) is 17.5 Å². The van der Waals surface area contributed by atoms with Gasteiger partial charge in [-0.25, -0.2) is 9.78 Å². The predicted octanol–water partition coefficient (Wildman–Crippen LogP) is 8.18. The molecular weight excluding hydrogens is 737 g/mol. The molecule has 1 saturated carbocycles. The number of aryl methyl sites for hydroxylation is 1. The smallest absolute Gasteiger partial charge is 0.410 e. The van der Waals surface area contributed by atoms with Crippen molar-refractivity contribution in [3.8, 4) is 5.75 Å². The average Bonchev–Trinajstić information content (AvgIpc) is 3.84. The molecule has 53 heavy (non-hydrogen) atoms. The van der Waals surface area contributed by atoms with Crippen LogP contribution in [0.4, 0.5) is 10.6 Å². The fraction of sp³-hybridized carbons (Fsp3) is 0.500. The number of benzene rings is 2. The van der Waals surface area contributed by atoms with Gasteiger partial charge in [0.2, 0.25) is 11.8 Å². The highest BCUT2D eigenvalue weighted by Gasteiger charge is 2.43. The van der Waals surface area contributed by atoms with Crippen LogP contribution in [0.3, 0.4) is 0 Å². The number of piperidine rings is 1. The summed E-state index contributed by atoms with van der Waals surface area (Å²) in [5.41, 5.74) is 2.98. The van der Waals surface area contributed by atoms with Crippen LogP contribution >= 0.6 is 34.8 Å². The van der Waals surface area contributed by atoms with E-state index in [4.69, 9.17) is 49.3 Å². The Morgan fingerprint density at radius 1 is 0.943 bits per heavy atom. The van der Waals surface area contributed by atoms with E-state index in [0.29, 0.717) is 53.4 Å². The quantitative estimate of drug-likeness (QED) is 0.221. The fourth-order valence-corrected chi connectivity index (χ4v) is 8.01. The number of hydrogen-bond acceptors (Lipinski definition) is 7. The van der Waals surface area contributed by atoms with Gasteiger partial charge in [-0.15, -0.1) is 0 Å². The zero-order valence-corrected chi connectivity index (χ0v) is 33.2. The first-order valence-electron chi connectivity index (χ1n) is 18.3. The normalized spacial score (nSPS) is 20.3. The van der Waals surface area contributed by atoms with E-state index in [0.717, 1.165) is 53.9 Å². The summed E-state index contributed by atoms with van der Waals surface area (Å²) in [5.74, 6) is 0.506. The molecule has 1 N–H and O–H groups in total. The summed E-state index contributed by atoms with van der Waals surface area (Å²) >= 11 is 19.6. The average molecular weight is 785 g/mol. The molecule has 3 aliphatic rings. The van der Waals surface area contributed by atoms with E-state index < -0.39 is 17.6 Å². The Morgan fingerprint density at radius 3 is 2.32 bits per heavy atom. The summed E-state index contributed by atoms with van der Waals surface area (Å²) in [7, 11) is 0. The molecular formula is C40H48Cl3N5O5. The number of pyridine rings is 1. The molecule has 1 aromatic heterocycles. The van der Waals surface area contributed by atoms with Crippen LogP contribution < -0.4 is 15.0 Å². The summed E-state index contributed by atoms with van der Waals surface area (Å²) in [6.45, 7) is 11.7. The molecule has 2 aromatic carbocycles. The van der Waals surface area contributed by atoms with Gasteiger partial charge < -0.3 is 29.5 Å². The van der Waals surface area contributed by atoms with Gasteiger partial charge in [0.05, 0.1) is 22.5 Å². The third-order valence-corrected chi connectivity index (χ3v) is 10.9. The van der Waals surface area contributed by atoms with Crippen molar-refractivity contribution in [3.05, 3.63) is 86.0 Å². The highest BCUT2D eigenvalue weighted by Crippen LogP contribution is 2.40. The zero-order chi connectivity index (χ0) is 38.0. The number of nitrogens with one attached hydrogen (secondary N) is 1. The number of aromatic nitrogens is 1. The van der Waals surface area contributed by atoms with Crippen molar-refractivity contribution in [2.24, 2.45) is 5.92 Å². The molecule has 0 radical (unpaired) electrons. The first kappa shape index (κ1) is 39.0. The number of carbonyl (C=O) groups is 3. The van der Waals surface area contributed by atoms with Crippen molar-refractivity contribution in [3.63, 3.8) is 0 Å². The van der Waals surface area contributed by atoms with Gasteiger partial charge >= 0.3 is 6.09 Å². The van der Waals surface area contributed by atoms with E-state index in [2.05, 4.69) is 16.3 Å². The van der Waals surface area contributed by atoms with Gasteiger partial charge in [-0.05, 0) is 93.5 Å². The second-order valence-electron chi connectivity index (χ2n) is 15.4. The Balaban J connectivity index is 1.21. The van der Waals surface area contributed by atoms with Crippen molar-refractivity contribution >= 4 is 58.5 Å². The molecule has 0 unspecified atom stereocenters. The topological polar surface area (TPSA) is 104 Å². The number of carbonyl (C=O) groups excluding carboxylic acids is 3. The number of rotatable bonds is 10. The molecule has 2 aliphatic heterocycles. The zero-order valence-electron chi connectivity index (χ0n) is 31.0. The number of nitrogens with zero attached hydrogens (tertiary/aromatic N) is 4.